The van der Waals surface area contributed by atoms with Gasteiger partial charge in [-0.2, -0.15) is 0 Å². The first-order valence-electron chi connectivity index (χ1n) is 9.44. The summed E-state index contributed by atoms with van der Waals surface area (Å²) in [6.45, 7) is 6.51. The molecule has 0 saturated carbocycles. The van der Waals surface area contributed by atoms with Crippen LogP contribution in [-0.2, 0) is 4.74 Å². The number of thiazole rings is 1. The molecular formula is C19H25ClN4O2S. The molecule has 8 heteroatoms. The molecule has 2 aromatic rings. The first kappa shape index (κ1) is 18.8. The number of anilines is 1. The molecule has 0 aliphatic carbocycles. The molecular weight excluding hydrogens is 384 g/mol. The van der Waals surface area contributed by atoms with Crippen molar-refractivity contribution in [2.24, 2.45) is 0 Å². The Morgan fingerprint density at radius 1 is 1.26 bits per heavy atom. The highest BCUT2D eigenvalue weighted by molar-refractivity contribution is 7.22. The Bertz CT molecular complexity index is 828. The van der Waals surface area contributed by atoms with Gasteiger partial charge in [0, 0.05) is 44.3 Å². The third-order valence-electron chi connectivity index (χ3n) is 5.60. The molecule has 0 spiro atoms. The molecule has 0 N–H and O–H groups in total. The minimum atomic E-state index is 0.127. The van der Waals surface area contributed by atoms with Crippen LogP contribution < -0.4 is 4.90 Å². The van der Waals surface area contributed by atoms with Gasteiger partial charge in [0.25, 0.3) is 0 Å². The molecule has 0 bridgehead atoms. The van der Waals surface area contributed by atoms with Gasteiger partial charge >= 0.3 is 6.03 Å². The summed E-state index contributed by atoms with van der Waals surface area (Å²) in [5.41, 5.74) is 2.05. The molecule has 1 aromatic carbocycles. The van der Waals surface area contributed by atoms with E-state index in [9.17, 15) is 4.79 Å². The zero-order valence-electron chi connectivity index (χ0n) is 15.8. The SMILES string of the molecule is Cc1c(Cl)ccc2sc(N3CCC(N(C)C(=O)N4CCOCC4)CC3)nc12. The van der Waals surface area contributed by atoms with Crippen molar-refractivity contribution in [2.45, 2.75) is 25.8 Å². The second-order valence-electron chi connectivity index (χ2n) is 7.23. The quantitative estimate of drug-likeness (QED) is 0.761. The number of hydrogen-bond acceptors (Lipinski definition) is 5. The number of benzene rings is 1. The van der Waals surface area contributed by atoms with Gasteiger partial charge in [0.15, 0.2) is 5.13 Å². The number of amides is 2. The summed E-state index contributed by atoms with van der Waals surface area (Å²) in [5.74, 6) is 0. The topological polar surface area (TPSA) is 48.9 Å². The van der Waals surface area contributed by atoms with E-state index in [4.69, 9.17) is 21.3 Å². The van der Waals surface area contributed by atoms with Crippen LogP contribution in [0, 0.1) is 6.92 Å². The summed E-state index contributed by atoms with van der Waals surface area (Å²) in [6.07, 6.45) is 1.92. The van der Waals surface area contributed by atoms with E-state index in [2.05, 4.69) is 4.90 Å². The Balaban J connectivity index is 1.40. The van der Waals surface area contributed by atoms with E-state index in [-0.39, 0.29) is 12.1 Å². The first-order valence-corrected chi connectivity index (χ1v) is 10.6. The third kappa shape index (κ3) is 3.73. The Morgan fingerprint density at radius 2 is 1.96 bits per heavy atom. The fourth-order valence-corrected chi connectivity index (χ4v) is 5.03. The van der Waals surface area contributed by atoms with Gasteiger partial charge in [-0.15, -0.1) is 0 Å². The lowest BCUT2D eigenvalue weighted by Gasteiger charge is -2.39. The van der Waals surface area contributed by atoms with E-state index in [1.807, 2.05) is 35.9 Å². The molecule has 1 aromatic heterocycles. The fourth-order valence-electron chi connectivity index (χ4n) is 3.80. The standard InChI is InChI=1S/C19H25ClN4O2S/c1-13-15(20)3-4-16-17(13)21-18(27-16)23-7-5-14(6-8-23)22(2)19(25)24-9-11-26-12-10-24/h3-4,14H,5-12H2,1-2H3. The number of fused-ring (bicyclic) bond motifs is 1. The van der Waals surface area contributed by atoms with Gasteiger partial charge in [-0.3, -0.25) is 0 Å². The Hall–Kier alpha value is -1.57. The van der Waals surface area contributed by atoms with Gasteiger partial charge < -0.3 is 19.4 Å². The minimum Gasteiger partial charge on any atom is -0.378 e. The predicted octanol–water partition coefficient (Wildman–Crippen LogP) is 3.61. The summed E-state index contributed by atoms with van der Waals surface area (Å²) in [6, 6.07) is 4.40. The van der Waals surface area contributed by atoms with Crippen LogP contribution in [0.2, 0.25) is 5.02 Å². The van der Waals surface area contributed by atoms with Crippen molar-refractivity contribution >= 4 is 44.3 Å². The molecule has 27 heavy (non-hydrogen) atoms. The summed E-state index contributed by atoms with van der Waals surface area (Å²) in [7, 11) is 1.93. The molecule has 3 heterocycles. The summed E-state index contributed by atoms with van der Waals surface area (Å²) < 4.78 is 6.52. The zero-order valence-corrected chi connectivity index (χ0v) is 17.4. The predicted molar refractivity (Wildman–Crippen MR) is 110 cm³/mol. The smallest absolute Gasteiger partial charge is 0.320 e. The number of nitrogens with zero attached hydrogens (tertiary/aromatic N) is 4. The van der Waals surface area contributed by atoms with Gasteiger partial charge in [0.05, 0.1) is 23.4 Å². The average Bonchev–Trinajstić information content (AvgIpc) is 3.15. The number of rotatable bonds is 2. The second-order valence-corrected chi connectivity index (χ2v) is 8.64. The van der Waals surface area contributed by atoms with Crippen molar-refractivity contribution in [1.82, 2.24) is 14.8 Å². The van der Waals surface area contributed by atoms with E-state index >= 15 is 0 Å². The van der Waals surface area contributed by atoms with Gasteiger partial charge in [0.1, 0.15) is 0 Å². The molecule has 4 rings (SSSR count). The number of hydrogen-bond donors (Lipinski definition) is 0. The summed E-state index contributed by atoms with van der Waals surface area (Å²) in [5, 5.41) is 1.82. The summed E-state index contributed by atoms with van der Waals surface area (Å²) >= 11 is 7.95. The maximum absolute atomic E-state index is 12.7. The number of piperidine rings is 1. The number of urea groups is 1. The molecule has 146 valence electrons. The van der Waals surface area contributed by atoms with Gasteiger partial charge in [-0.1, -0.05) is 22.9 Å². The number of morpholine rings is 1. The van der Waals surface area contributed by atoms with Crippen LogP contribution in [0.5, 0.6) is 0 Å². The lowest BCUT2D eigenvalue weighted by molar-refractivity contribution is 0.0409. The van der Waals surface area contributed by atoms with Crippen LogP contribution in [0.4, 0.5) is 9.93 Å². The van der Waals surface area contributed by atoms with E-state index in [0.717, 1.165) is 47.2 Å². The lowest BCUT2D eigenvalue weighted by atomic mass is 10.0. The molecule has 2 saturated heterocycles. The van der Waals surface area contributed by atoms with E-state index in [1.54, 1.807) is 11.3 Å². The van der Waals surface area contributed by atoms with Crippen LogP contribution in [0.25, 0.3) is 10.2 Å². The molecule has 6 nitrogen and oxygen atoms in total. The largest absolute Gasteiger partial charge is 0.378 e. The van der Waals surface area contributed by atoms with Crippen LogP contribution in [0.15, 0.2) is 12.1 Å². The second kappa shape index (κ2) is 7.81. The van der Waals surface area contributed by atoms with Crippen molar-refractivity contribution in [3.8, 4) is 0 Å². The number of aryl methyl sites for hydroxylation is 1. The zero-order chi connectivity index (χ0) is 19.0. The molecule has 0 radical (unpaired) electrons. The Kier molecular flexibility index (Phi) is 5.43. The van der Waals surface area contributed by atoms with Crippen LogP contribution >= 0.6 is 22.9 Å². The number of halogens is 1. The molecule has 2 aliphatic rings. The number of carbonyl (C=O) groups excluding carboxylic acids is 1. The van der Waals surface area contributed by atoms with Crippen molar-refractivity contribution in [1.29, 1.82) is 0 Å². The van der Waals surface area contributed by atoms with Crippen LogP contribution in [-0.4, -0.2) is 73.3 Å². The first-order chi connectivity index (χ1) is 13.0. The number of ether oxygens (including phenoxy) is 1. The minimum absolute atomic E-state index is 0.127. The highest BCUT2D eigenvalue weighted by atomic mass is 35.5. The summed E-state index contributed by atoms with van der Waals surface area (Å²) in [4.78, 5) is 23.7. The number of carbonyl (C=O) groups is 1. The van der Waals surface area contributed by atoms with Crippen molar-refractivity contribution < 1.29 is 9.53 Å². The van der Waals surface area contributed by atoms with E-state index < -0.39 is 0 Å². The normalized spacial score (nSPS) is 18.9. The molecule has 2 aliphatic heterocycles. The van der Waals surface area contributed by atoms with E-state index in [0.29, 0.717) is 26.3 Å². The highest BCUT2D eigenvalue weighted by Crippen LogP contribution is 2.34. The van der Waals surface area contributed by atoms with E-state index in [1.165, 1.54) is 4.70 Å². The monoisotopic (exact) mass is 408 g/mol. The molecule has 2 amide bonds. The number of aromatic nitrogens is 1. The molecule has 0 atom stereocenters. The lowest BCUT2D eigenvalue weighted by Crippen LogP contribution is -2.52. The van der Waals surface area contributed by atoms with Gasteiger partial charge in [-0.05, 0) is 37.5 Å². The third-order valence-corrected chi connectivity index (χ3v) is 7.09. The molecule has 2 fully saturated rings. The average molecular weight is 409 g/mol. The Labute approximate surface area is 168 Å². The molecule has 0 unspecified atom stereocenters. The maximum atomic E-state index is 12.7. The Morgan fingerprint density at radius 3 is 2.67 bits per heavy atom. The maximum Gasteiger partial charge on any atom is 0.320 e. The highest BCUT2D eigenvalue weighted by Gasteiger charge is 2.29. The van der Waals surface area contributed by atoms with Crippen LogP contribution in [0.1, 0.15) is 18.4 Å². The van der Waals surface area contributed by atoms with Crippen molar-refractivity contribution in [3.63, 3.8) is 0 Å². The van der Waals surface area contributed by atoms with Crippen molar-refractivity contribution in [3.05, 3.63) is 22.7 Å². The van der Waals surface area contributed by atoms with Crippen LogP contribution in [0.3, 0.4) is 0 Å². The van der Waals surface area contributed by atoms with Gasteiger partial charge in [0.2, 0.25) is 0 Å². The fraction of sp³-hybridized carbons (Fsp3) is 0.579. The van der Waals surface area contributed by atoms with Gasteiger partial charge in [-0.25, -0.2) is 9.78 Å². The van der Waals surface area contributed by atoms with Crippen molar-refractivity contribution in [2.75, 3.05) is 51.3 Å².